The number of aliphatic hydroxyl groups is 2. The van der Waals surface area contributed by atoms with Gasteiger partial charge in [-0.2, -0.15) is 0 Å². The van der Waals surface area contributed by atoms with Crippen LogP contribution in [0.25, 0.3) is 0 Å². The summed E-state index contributed by atoms with van der Waals surface area (Å²) in [6.45, 7) is 9.13. The third kappa shape index (κ3) is 4.66. The lowest BCUT2D eigenvalue weighted by Gasteiger charge is -2.31. The van der Waals surface area contributed by atoms with Crippen LogP contribution in [-0.4, -0.2) is 15.8 Å². The minimum absolute atomic E-state index is 0.495. The predicted molar refractivity (Wildman–Crippen MR) is 79.8 cm³/mol. The van der Waals surface area contributed by atoms with Crippen LogP contribution in [0.5, 0.6) is 0 Å². The van der Waals surface area contributed by atoms with E-state index in [1.54, 1.807) is 19.1 Å². The summed E-state index contributed by atoms with van der Waals surface area (Å²) in [5.41, 5.74) is -0.922. The number of hydrogen-bond donors (Lipinski definition) is 2. The monoisotopic (exact) mass is 260 g/mol. The smallest absolute Gasteiger partial charge is 0.0869 e. The standard InChI is InChI=1S/C17H24O2/c1-4-11-17(19,12-5-2)14-13-16(3,18)15-9-7-6-8-10-15/h4-10,18-19H,1-2,11-14H2,3H3. The lowest BCUT2D eigenvalue weighted by molar-refractivity contribution is -0.0119. The van der Waals surface area contributed by atoms with Gasteiger partial charge in [-0.05, 0) is 38.2 Å². The molecule has 0 aliphatic heterocycles. The largest absolute Gasteiger partial charge is 0.389 e. The van der Waals surface area contributed by atoms with E-state index in [9.17, 15) is 10.2 Å². The number of benzene rings is 1. The van der Waals surface area contributed by atoms with Crippen LogP contribution in [0.4, 0.5) is 0 Å². The Kier molecular flexibility index (Phi) is 5.52. The van der Waals surface area contributed by atoms with E-state index in [0.717, 1.165) is 5.56 Å². The van der Waals surface area contributed by atoms with Crippen molar-refractivity contribution in [2.45, 2.75) is 43.8 Å². The number of hydrogen-bond acceptors (Lipinski definition) is 2. The first-order valence-corrected chi connectivity index (χ1v) is 6.66. The van der Waals surface area contributed by atoms with Crippen LogP contribution in [0, 0.1) is 0 Å². The Morgan fingerprint density at radius 2 is 1.53 bits per heavy atom. The van der Waals surface area contributed by atoms with Gasteiger partial charge in [0.25, 0.3) is 0 Å². The molecule has 0 saturated carbocycles. The summed E-state index contributed by atoms with van der Waals surface area (Å²) in [6.07, 6.45) is 5.43. The summed E-state index contributed by atoms with van der Waals surface area (Å²) in [6, 6.07) is 9.54. The van der Waals surface area contributed by atoms with Gasteiger partial charge >= 0.3 is 0 Å². The van der Waals surface area contributed by atoms with Crippen molar-refractivity contribution in [1.82, 2.24) is 0 Å². The zero-order valence-electron chi connectivity index (χ0n) is 11.7. The molecule has 0 aliphatic rings. The topological polar surface area (TPSA) is 40.5 Å². The molecule has 0 aliphatic carbocycles. The van der Waals surface area contributed by atoms with Crippen molar-refractivity contribution >= 4 is 0 Å². The molecule has 1 aromatic rings. The summed E-state index contributed by atoms with van der Waals surface area (Å²) in [5.74, 6) is 0. The molecule has 19 heavy (non-hydrogen) atoms. The molecule has 0 bridgehead atoms. The molecule has 0 amide bonds. The van der Waals surface area contributed by atoms with Crippen LogP contribution in [0.1, 0.15) is 38.2 Å². The molecule has 0 fully saturated rings. The maximum Gasteiger partial charge on any atom is 0.0869 e. The molecule has 1 aromatic carbocycles. The SMILES string of the molecule is C=CCC(O)(CC=C)CCC(C)(O)c1ccccc1. The van der Waals surface area contributed by atoms with Crippen LogP contribution in [-0.2, 0) is 5.60 Å². The lowest BCUT2D eigenvalue weighted by Crippen LogP contribution is -2.31. The molecular formula is C17H24O2. The molecule has 1 rings (SSSR count). The Morgan fingerprint density at radius 3 is 2.00 bits per heavy atom. The second-order valence-corrected chi connectivity index (χ2v) is 5.35. The van der Waals surface area contributed by atoms with Gasteiger partial charge in [-0.25, -0.2) is 0 Å². The molecule has 2 nitrogen and oxygen atoms in total. The van der Waals surface area contributed by atoms with Crippen molar-refractivity contribution in [2.75, 3.05) is 0 Å². The molecule has 0 saturated heterocycles. The quantitative estimate of drug-likeness (QED) is 0.702. The highest BCUT2D eigenvalue weighted by atomic mass is 16.3. The van der Waals surface area contributed by atoms with Gasteiger partial charge in [0.1, 0.15) is 0 Å². The normalized spacial score (nSPS) is 14.7. The Morgan fingerprint density at radius 1 is 1.00 bits per heavy atom. The highest BCUT2D eigenvalue weighted by molar-refractivity contribution is 5.21. The van der Waals surface area contributed by atoms with Crippen molar-refractivity contribution in [3.8, 4) is 0 Å². The van der Waals surface area contributed by atoms with Gasteiger partial charge in [0.2, 0.25) is 0 Å². The Labute approximate surface area is 116 Å². The summed E-state index contributed by atoms with van der Waals surface area (Å²) >= 11 is 0. The van der Waals surface area contributed by atoms with Gasteiger partial charge in [0.05, 0.1) is 11.2 Å². The van der Waals surface area contributed by atoms with E-state index in [2.05, 4.69) is 13.2 Å². The highest BCUT2D eigenvalue weighted by Gasteiger charge is 2.30. The zero-order valence-corrected chi connectivity index (χ0v) is 11.7. The average Bonchev–Trinajstić information content (AvgIpc) is 2.38. The maximum absolute atomic E-state index is 10.5. The van der Waals surface area contributed by atoms with Crippen LogP contribution in [0.15, 0.2) is 55.6 Å². The van der Waals surface area contributed by atoms with E-state index < -0.39 is 11.2 Å². The first-order valence-electron chi connectivity index (χ1n) is 6.66. The molecule has 0 heterocycles. The van der Waals surface area contributed by atoms with E-state index in [4.69, 9.17) is 0 Å². The first-order chi connectivity index (χ1) is 8.93. The molecule has 0 radical (unpaired) electrons. The molecule has 1 unspecified atom stereocenters. The summed E-state index contributed by atoms with van der Waals surface area (Å²) in [4.78, 5) is 0. The fourth-order valence-corrected chi connectivity index (χ4v) is 2.24. The zero-order chi connectivity index (χ0) is 14.4. The van der Waals surface area contributed by atoms with Crippen LogP contribution >= 0.6 is 0 Å². The molecule has 1 atom stereocenters. The van der Waals surface area contributed by atoms with Crippen molar-refractivity contribution in [3.05, 3.63) is 61.2 Å². The fraction of sp³-hybridized carbons (Fsp3) is 0.412. The first kappa shape index (κ1) is 15.7. The Bertz CT molecular complexity index is 397. The highest BCUT2D eigenvalue weighted by Crippen LogP contribution is 2.31. The third-order valence-corrected chi connectivity index (χ3v) is 3.52. The minimum atomic E-state index is -0.933. The molecule has 0 aromatic heterocycles. The van der Waals surface area contributed by atoms with Crippen molar-refractivity contribution in [3.63, 3.8) is 0 Å². The van der Waals surface area contributed by atoms with Crippen LogP contribution in [0.3, 0.4) is 0 Å². The average molecular weight is 260 g/mol. The summed E-state index contributed by atoms with van der Waals surface area (Å²) in [5, 5.41) is 21.0. The van der Waals surface area contributed by atoms with E-state index in [1.165, 1.54) is 0 Å². The van der Waals surface area contributed by atoms with Crippen molar-refractivity contribution in [2.24, 2.45) is 0 Å². The van der Waals surface area contributed by atoms with E-state index in [-0.39, 0.29) is 0 Å². The molecule has 0 spiro atoms. The fourth-order valence-electron chi connectivity index (χ4n) is 2.24. The van der Waals surface area contributed by atoms with Gasteiger partial charge in [0, 0.05) is 0 Å². The van der Waals surface area contributed by atoms with E-state index in [1.807, 2.05) is 30.3 Å². The van der Waals surface area contributed by atoms with Gasteiger partial charge < -0.3 is 10.2 Å². The van der Waals surface area contributed by atoms with Crippen LogP contribution in [0.2, 0.25) is 0 Å². The van der Waals surface area contributed by atoms with Gasteiger partial charge in [-0.1, -0.05) is 42.5 Å². The van der Waals surface area contributed by atoms with Gasteiger partial charge in [-0.15, -0.1) is 13.2 Å². The van der Waals surface area contributed by atoms with Crippen molar-refractivity contribution < 1.29 is 10.2 Å². The lowest BCUT2D eigenvalue weighted by atomic mass is 9.83. The predicted octanol–water partition coefficient (Wildman–Crippen LogP) is 3.56. The van der Waals surface area contributed by atoms with Gasteiger partial charge in [0.15, 0.2) is 0 Å². The molecule has 2 heteroatoms. The maximum atomic E-state index is 10.5. The summed E-state index contributed by atoms with van der Waals surface area (Å²) in [7, 11) is 0. The number of rotatable bonds is 8. The third-order valence-electron chi connectivity index (χ3n) is 3.52. The second-order valence-electron chi connectivity index (χ2n) is 5.35. The molecular weight excluding hydrogens is 236 g/mol. The summed E-state index contributed by atoms with van der Waals surface area (Å²) < 4.78 is 0. The molecule has 2 N–H and O–H groups in total. The van der Waals surface area contributed by atoms with Crippen molar-refractivity contribution in [1.29, 1.82) is 0 Å². The van der Waals surface area contributed by atoms with E-state index >= 15 is 0 Å². The Balaban J connectivity index is 2.73. The molecule has 104 valence electrons. The second kappa shape index (κ2) is 6.69. The van der Waals surface area contributed by atoms with E-state index in [0.29, 0.717) is 25.7 Å². The van der Waals surface area contributed by atoms with Gasteiger partial charge in [-0.3, -0.25) is 0 Å². The Hall–Kier alpha value is -1.38. The minimum Gasteiger partial charge on any atom is -0.389 e. The van der Waals surface area contributed by atoms with Crippen LogP contribution < -0.4 is 0 Å².